The van der Waals surface area contributed by atoms with Crippen LogP contribution in [-0.2, 0) is 4.79 Å². The van der Waals surface area contributed by atoms with E-state index in [0.717, 1.165) is 4.47 Å². The number of rotatable bonds is 5. The standard InChI is InChI=1S/C11H15BrN2O2S/c1-7(2)5-14(6-9(13)15)11(16)10-8(12)3-4-17-10/h3-4,7H,5-6H2,1-2H3,(H2,13,15). The van der Waals surface area contributed by atoms with Gasteiger partial charge in [0.2, 0.25) is 5.91 Å². The van der Waals surface area contributed by atoms with Gasteiger partial charge in [-0.1, -0.05) is 13.8 Å². The number of halogens is 1. The summed E-state index contributed by atoms with van der Waals surface area (Å²) in [5.74, 6) is -0.358. The summed E-state index contributed by atoms with van der Waals surface area (Å²) in [5.41, 5.74) is 5.16. The number of nitrogens with two attached hydrogens (primary N) is 1. The van der Waals surface area contributed by atoms with Crippen molar-refractivity contribution in [3.63, 3.8) is 0 Å². The number of primary amides is 1. The van der Waals surface area contributed by atoms with E-state index >= 15 is 0 Å². The van der Waals surface area contributed by atoms with Gasteiger partial charge in [0.1, 0.15) is 4.88 Å². The zero-order valence-corrected chi connectivity index (χ0v) is 12.2. The fourth-order valence-electron chi connectivity index (χ4n) is 1.44. The maximum absolute atomic E-state index is 12.2. The third-order valence-electron chi connectivity index (χ3n) is 2.03. The molecular weight excluding hydrogens is 304 g/mol. The van der Waals surface area contributed by atoms with Crippen LogP contribution < -0.4 is 5.73 Å². The van der Waals surface area contributed by atoms with Crippen LogP contribution in [0.1, 0.15) is 23.5 Å². The molecule has 2 N–H and O–H groups in total. The second-order valence-electron chi connectivity index (χ2n) is 4.14. The lowest BCUT2D eigenvalue weighted by atomic mass is 10.2. The first kappa shape index (κ1) is 14.2. The molecule has 0 atom stereocenters. The number of carbonyl (C=O) groups is 2. The van der Waals surface area contributed by atoms with Crippen molar-refractivity contribution in [1.29, 1.82) is 0 Å². The maximum Gasteiger partial charge on any atom is 0.265 e. The Hall–Kier alpha value is -0.880. The summed E-state index contributed by atoms with van der Waals surface area (Å²) in [5, 5.41) is 1.83. The number of hydrogen-bond donors (Lipinski definition) is 1. The zero-order chi connectivity index (χ0) is 13.0. The minimum atomic E-state index is -0.494. The Morgan fingerprint density at radius 2 is 2.18 bits per heavy atom. The molecule has 6 heteroatoms. The molecule has 0 spiro atoms. The molecule has 1 aromatic heterocycles. The first-order chi connectivity index (χ1) is 7.91. The van der Waals surface area contributed by atoms with Gasteiger partial charge in [-0.3, -0.25) is 9.59 Å². The second kappa shape index (κ2) is 6.16. The summed E-state index contributed by atoms with van der Waals surface area (Å²) < 4.78 is 0.755. The topological polar surface area (TPSA) is 63.4 Å². The number of carbonyl (C=O) groups excluding carboxylic acids is 2. The molecule has 1 aromatic rings. The van der Waals surface area contributed by atoms with Gasteiger partial charge in [0, 0.05) is 11.0 Å². The molecule has 17 heavy (non-hydrogen) atoms. The van der Waals surface area contributed by atoms with Gasteiger partial charge < -0.3 is 10.6 Å². The van der Waals surface area contributed by atoms with Crippen LogP contribution in [0.25, 0.3) is 0 Å². The highest BCUT2D eigenvalue weighted by Crippen LogP contribution is 2.24. The molecule has 1 rings (SSSR count). The van der Waals surface area contributed by atoms with Gasteiger partial charge in [-0.25, -0.2) is 0 Å². The first-order valence-electron chi connectivity index (χ1n) is 5.22. The highest BCUT2D eigenvalue weighted by atomic mass is 79.9. The summed E-state index contributed by atoms with van der Waals surface area (Å²) in [6, 6.07) is 1.82. The fraction of sp³-hybridized carbons (Fsp3) is 0.455. The van der Waals surface area contributed by atoms with E-state index in [4.69, 9.17) is 5.73 Å². The molecule has 0 saturated carbocycles. The zero-order valence-electron chi connectivity index (χ0n) is 9.77. The lowest BCUT2D eigenvalue weighted by Crippen LogP contribution is -2.40. The van der Waals surface area contributed by atoms with Gasteiger partial charge in [0.15, 0.2) is 0 Å². The Labute approximate surface area is 113 Å². The SMILES string of the molecule is CC(C)CN(CC(N)=O)C(=O)c1sccc1Br. The average Bonchev–Trinajstić information content (AvgIpc) is 2.61. The van der Waals surface area contributed by atoms with E-state index in [1.54, 1.807) is 0 Å². The van der Waals surface area contributed by atoms with Crippen molar-refractivity contribution in [1.82, 2.24) is 4.90 Å². The van der Waals surface area contributed by atoms with Crippen LogP contribution in [0.3, 0.4) is 0 Å². The number of nitrogens with zero attached hydrogens (tertiary/aromatic N) is 1. The minimum absolute atomic E-state index is 0.0403. The quantitative estimate of drug-likeness (QED) is 0.903. The Kier molecular flexibility index (Phi) is 5.14. The molecule has 0 bridgehead atoms. The summed E-state index contributed by atoms with van der Waals surface area (Å²) in [4.78, 5) is 25.3. The molecule has 0 fully saturated rings. The van der Waals surface area contributed by atoms with Crippen LogP contribution in [0.15, 0.2) is 15.9 Å². The Bertz CT molecular complexity index is 417. The Balaban J connectivity index is 2.86. The van der Waals surface area contributed by atoms with Gasteiger partial charge in [-0.15, -0.1) is 11.3 Å². The number of thiophene rings is 1. The van der Waals surface area contributed by atoms with Crippen molar-refractivity contribution in [3.8, 4) is 0 Å². The molecule has 2 amide bonds. The van der Waals surface area contributed by atoms with E-state index in [1.807, 2.05) is 25.3 Å². The summed E-state index contributed by atoms with van der Waals surface area (Å²) in [6.45, 7) is 4.46. The highest BCUT2D eigenvalue weighted by Gasteiger charge is 2.21. The van der Waals surface area contributed by atoms with Crippen molar-refractivity contribution in [3.05, 3.63) is 20.8 Å². The average molecular weight is 319 g/mol. The van der Waals surface area contributed by atoms with E-state index in [9.17, 15) is 9.59 Å². The molecule has 0 radical (unpaired) electrons. The molecule has 0 aliphatic carbocycles. The van der Waals surface area contributed by atoms with Crippen LogP contribution in [0.4, 0.5) is 0 Å². The number of amides is 2. The highest BCUT2D eigenvalue weighted by molar-refractivity contribution is 9.10. The smallest absolute Gasteiger partial charge is 0.265 e. The van der Waals surface area contributed by atoms with Crippen LogP contribution in [0.5, 0.6) is 0 Å². The van der Waals surface area contributed by atoms with Gasteiger partial charge in [0.25, 0.3) is 5.91 Å². The third-order valence-corrected chi connectivity index (χ3v) is 3.86. The van der Waals surface area contributed by atoms with E-state index in [2.05, 4.69) is 15.9 Å². The monoisotopic (exact) mass is 318 g/mol. The van der Waals surface area contributed by atoms with Crippen molar-refractivity contribution in [2.45, 2.75) is 13.8 Å². The van der Waals surface area contributed by atoms with Crippen molar-refractivity contribution in [2.75, 3.05) is 13.1 Å². The third kappa shape index (κ3) is 4.12. The van der Waals surface area contributed by atoms with Gasteiger partial charge in [0.05, 0.1) is 6.54 Å². The molecule has 0 saturated heterocycles. The summed E-state index contributed by atoms with van der Waals surface area (Å²) >= 11 is 4.66. The molecular formula is C11H15BrN2O2S. The largest absolute Gasteiger partial charge is 0.368 e. The normalized spacial score (nSPS) is 10.6. The van der Waals surface area contributed by atoms with E-state index in [-0.39, 0.29) is 18.4 Å². The van der Waals surface area contributed by atoms with Gasteiger partial charge in [-0.05, 0) is 33.3 Å². The van der Waals surface area contributed by atoms with Crippen molar-refractivity contribution in [2.24, 2.45) is 11.7 Å². The first-order valence-corrected chi connectivity index (χ1v) is 6.89. The summed E-state index contributed by atoms with van der Waals surface area (Å²) in [7, 11) is 0. The predicted octanol–water partition coefficient (Wildman–Crippen LogP) is 2.09. The Morgan fingerprint density at radius 1 is 1.53 bits per heavy atom. The van der Waals surface area contributed by atoms with E-state index in [1.165, 1.54) is 16.2 Å². The second-order valence-corrected chi connectivity index (χ2v) is 5.91. The van der Waals surface area contributed by atoms with Crippen LogP contribution in [-0.4, -0.2) is 29.8 Å². The molecule has 0 unspecified atom stereocenters. The van der Waals surface area contributed by atoms with Crippen molar-refractivity contribution < 1.29 is 9.59 Å². The predicted molar refractivity (Wildman–Crippen MR) is 72.0 cm³/mol. The van der Waals surface area contributed by atoms with E-state index in [0.29, 0.717) is 11.4 Å². The Morgan fingerprint density at radius 3 is 2.59 bits per heavy atom. The lowest BCUT2D eigenvalue weighted by molar-refractivity contribution is -0.118. The van der Waals surface area contributed by atoms with Crippen LogP contribution in [0.2, 0.25) is 0 Å². The fourth-order valence-corrected chi connectivity index (χ4v) is 2.95. The van der Waals surface area contributed by atoms with Gasteiger partial charge >= 0.3 is 0 Å². The molecule has 0 aliphatic rings. The van der Waals surface area contributed by atoms with E-state index < -0.39 is 5.91 Å². The van der Waals surface area contributed by atoms with Crippen LogP contribution >= 0.6 is 27.3 Å². The molecule has 4 nitrogen and oxygen atoms in total. The van der Waals surface area contributed by atoms with Crippen molar-refractivity contribution >= 4 is 39.1 Å². The summed E-state index contributed by atoms with van der Waals surface area (Å²) in [6.07, 6.45) is 0. The number of hydrogen-bond acceptors (Lipinski definition) is 3. The lowest BCUT2D eigenvalue weighted by Gasteiger charge is -2.22. The molecule has 94 valence electrons. The van der Waals surface area contributed by atoms with Crippen LogP contribution in [0, 0.1) is 5.92 Å². The minimum Gasteiger partial charge on any atom is -0.368 e. The van der Waals surface area contributed by atoms with Gasteiger partial charge in [-0.2, -0.15) is 0 Å². The molecule has 0 aliphatic heterocycles. The molecule has 0 aromatic carbocycles. The molecule has 1 heterocycles. The maximum atomic E-state index is 12.2.